The molecule has 1 N–H and O–H groups in total. The molecule has 0 bridgehead atoms. The molecule has 0 unspecified atom stereocenters. The Morgan fingerprint density at radius 3 is 2.52 bits per heavy atom. The first-order valence-corrected chi connectivity index (χ1v) is 9.97. The fourth-order valence-corrected chi connectivity index (χ4v) is 4.71. The van der Waals surface area contributed by atoms with Crippen molar-refractivity contribution in [3.8, 4) is 0 Å². The Bertz CT molecular complexity index is 805. The van der Waals surface area contributed by atoms with E-state index in [1.54, 1.807) is 0 Å². The van der Waals surface area contributed by atoms with Crippen molar-refractivity contribution >= 4 is 5.65 Å². The predicted molar refractivity (Wildman–Crippen MR) is 97.9 cm³/mol. The zero-order valence-electron chi connectivity index (χ0n) is 15.9. The van der Waals surface area contributed by atoms with Crippen LogP contribution in [0.25, 0.3) is 5.65 Å². The van der Waals surface area contributed by atoms with E-state index in [4.69, 9.17) is 5.10 Å². The van der Waals surface area contributed by atoms with Gasteiger partial charge in [-0.05, 0) is 57.6 Å². The fourth-order valence-electron chi connectivity index (χ4n) is 4.71. The van der Waals surface area contributed by atoms with Gasteiger partial charge in [-0.15, -0.1) is 0 Å². The number of rotatable bonds is 2. The summed E-state index contributed by atoms with van der Waals surface area (Å²) >= 11 is 0. The number of aromatic nitrogens is 3. The smallest absolute Gasteiger partial charge is 0.316 e. The molecule has 0 amide bonds. The maximum absolute atomic E-state index is 12.9. The third-order valence-corrected chi connectivity index (χ3v) is 6.42. The molecule has 7 heteroatoms. The normalized spacial score (nSPS) is 30.0. The highest BCUT2D eigenvalue weighted by Gasteiger charge is 2.42. The van der Waals surface area contributed by atoms with Gasteiger partial charge in [0, 0.05) is 30.1 Å². The minimum absolute atomic E-state index is 0.0976. The third-order valence-electron chi connectivity index (χ3n) is 6.42. The van der Waals surface area contributed by atoms with Crippen LogP contribution in [-0.2, 0) is 0 Å². The molecule has 0 aromatic carbocycles. The highest BCUT2D eigenvalue weighted by molar-refractivity contribution is 5.43. The molecule has 27 heavy (non-hydrogen) atoms. The molecule has 4 rings (SSSR count). The van der Waals surface area contributed by atoms with Crippen molar-refractivity contribution in [3.63, 3.8) is 0 Å². The molecule has 1 aliphatic heterocycles. The lowest BCUT2D eigenvalue weighted by Gasteiger charge is -2.30. The monoisotopic (exact) mass is 380 g/mol. The highest BCUT2D eigenvalue weighted by Crippen LogP contribution is 2.42. The number of piperidine rings is 1. The highest BCUT2D eigenvalue weighted by atomic mass is 19.4. The van der Waals surface area contributed by atoms with E-state index < -0.39 is 12.1 Å². The largest absolute Gasteiger partial charge is 0.391 e. The van der Waals surface area contributed by atoms with Crippen LogP contribution in [-0.4, -0.2) is 33.9 Å². The van der Waals surface area contributed by atoms with Crippen molar-refractivity contribution in [3.05, 3.63) is 29.2 Å². The summed E-state index contributed by atoms with van der Waals surface area (Å²) in [5.74, 6) is -0.126. The average Bonchev–Trinajstić information content (AvgIpc) is 3.05. The summed E-state index contributed by atoms with van der Waals surface area (Å²) < 4.78 is 40.8. The van der Waals surface area contributed by atoms with E-state index in [-0.39, 0.29) is 18.8 Å². The number of aryl methyl sites for hydroxylation is 1. The first-order chi connectivity index (χ1) is 12.8. The third kappa shape index (κ3) is 3.71. The van der Waals surface area contributed by atoms with Crippen LogP contribution in [0.1, 0.15) is 67.9 Å². The molecule has 3 heterocycles. The summed E-state index contributed by atoms with van der Waals surface area (Å²) in [5, 5.41) is 8.29. The SMILES string of the molecule is Cc1cc([C@H]2CNCC[C@@H]2C)n2nc(C3CCC(C(F)(F)F)CC3)cc2n1. The number of halogens is 3. The summed E-state index contributed by atoms with van der Waals surface area (Å²) in [4.78, 5) is 4.63. The van der Waals surface area contributed by atoms with Crippen LogP contribution in [0.15, 0.2) is 12.1 Å². The van der Waals surface area contributed by atoms with E-state index >= 15 is 0 Å². The van der Waals surface area contributed by atoms with Gasteiger partial charge in [0.05, 0.1) is 17.3 Å². The van der Waals surface area contributed by atoms with E-state index in [1.807, 2.05) is 17.5 Å². The van der Waals surface area contributed by atoms with E-state index in [1.165, 1.54) is 0 Å². The second kappa shape index (κ2) is 7.08. The van der Waals surface area contributed by atoms with Crippen LogP contribution in [0.5, 0.6) is 0 Å². The first kappa shape index (κ1) is 18.7. The van der Waals surface area contributed by atoms with Gasteiger partial charge >= 0.3 is 6.18 Å². The van der Waals surface area contributed by atoms with Crippen molar-refractivity contribution in [1.29, 1.82) is 0 Å². The molecule has 4 nitrogen and oxygen atoms in total. The second-order valence-corrected chi connectivity index (χ2v) is 8.33. The lowest BCUT2D eigenvalue weighted by molar-refractivity contribution is -0.182. The summed E-state index contributed by atoms with van der Waals surface area (Å²) in [5.41, 5.74) is 3.83. The molecule has 2 atom stereocenters. The van der Waals surface area contributed by atoms with E-state index in [9.17, 15) is 13.2 Å². The number of fused-ring (bicyclic) bond motifs is 1. The van der Waals surface area contributed by atoms with Gasteiger partial charge in [0.15, 0.2) is 5.65 Å². The van der Waals surface area contributed by atoms with Gasteiger partial charge in [0.2, 0.25) is 0 Å². The molecule has 1 saturated carbocycles. The molecule has 0 radical (unpaired) electrons. The Morgan fingerprint density at radius 2 is 1.85 bits per heavy atom. The zero-order valence-corrected chi connectivity index (χ0v) is 15.9. The minimum atomic E-state index is -4.07. The maximum Gasteiger partial charge on any atom is 0.391 e. The summed E-state index contributed by atoms with van der Waals surface area (Å²) in [7, 11) is 0. The van der Waals surface area contributed by atoms with E-state index in [0.29, 0.717) is 24.7 Å². The molecule has 148 valence electrons. The second-order valence-electron chi connectivity index (χ2n) is 8.33. The van der Waals surface area contributed by atoms with Gasteiger partial charge < -0.3 is 5.32 Å². The van der Waals surface area contributed by atoms with Crippen LogP contribution in [0, 0.1) is 18.8 Å². The molecular weight excluding hydrogens is 353 g/mol. The van der Waals surface area contributed by atoms with Crippen molar-refractivity contribution in [2.45, 2.75) is 64.0 Å². The Hall–Kier alpha value is -1.63. The quantitative estimate of drug-likeness (QED) is 0.829. The van der Waals surface area contributed by atoms with Crippen LogP contribution < -0.4 is 5.32 Å². The predicted octanol–water partition coefficient (Wildman–Crippen LogP) is 4.59. The first-order valence-electron chi connectivity index (χ1n) is 9.97. The Balaban J connectivity index is 1.62. The molecule has 2 fully saturated rings. The lowest BCUT2D eigenvalue weighted by atomic mass is 9.80. The van der Waals surface area contributed by atoms with Gasteiger partial charge in [-0.25, -0.2) is 9.50 Å². The molecule has 0 spiro atoms. The van der Waals surface area contributed by atoms with Crippen molar-refractivity contribution in [2.24, 2.45) is 11.8 Å². The topological polar surface area (TPSA) is 42.2 Å². The number of nitrogens with zero attached hydrogens (tertiary/aromatic N) is 3. The Labute approximate surface area is 157 Å². The maximum atomic E-state index is 12.9. The van der Waals surface area contributed by atoms with Crippen molar-refractivity contribution < 1.29 is 13.2 Å². The summed E-state index contributed by atoms with van der Waals surface area (Å²) in [6.07, 6.45) is -1.45. The van der Waals surface area contributed by atoms with Gasteiger partial charge in [-0.1, -0.05) is 6.92 Å². The number of hydrogen-bond acceptors (Lipinski definition) is 3. The molecular formula is C20H27F3N4. The van der Waals surface area contributed by atoms with Crippen LogP contribution in [0.3, 0.4) is 0 Å². The molecule has 2 aromatic rings. The molecule has 2 aromatic heterocycles. The molecule has 1 saturated heterocycles. The van der Waals surface area contributed by atoms with Crippen LogP contribution >= 0.6 is 0 Å². The summed E-state index contributed by atoms with van der Waals surface area (Å²) in [6.45, 7) is 6.23. The van der Waals surface area contributed by atoms with Gasteiger partial charge in [-0.3, -0.25) is 0 Å². The number of nitrogens with one attached hydrogen (secondary N) is 1. The number of alkyl halides is 3. The summed E-state index contributed by atoms with van der Waals surface area (Å²) in [6, 6.07) is 4.09. The Morgan fingerprint density at radius 1 is 1.11 bits per heavy atom. The van der Waals surface area contributed by atoms with Gasteiger partial charge in [-0.2, -0.15) is 18.3 Å². The van der Waals surface area contributed by atoms with Gasteiger partial charge in [0.25, 0.3) is 0 Å². The zero-order chi connectivity index (χ0) is 19.2. The van der Waals surface area contributed by atoms with E-state index in [0.717, 1.165) is 42.2 Å². The van der Waals surface area contributed by atoms with Gasteiger partial charge in [0.1, 0.15) is 0 Å². The van der Waals surface area contributed by atoms with Crippen LogP contribution in [0.2, 0.25) is 0 Å². The minimum Gasteiger partial charge on any atom is -0.316 e. The Kier molecular flexibility index (Phi) is 4.91. The average molecular weight is 380 g/mol. The standard InChI is InChI=1S/C20H27F3N4/c1-12-7-8-24-11-16(12)18-9-13(2)25-19-10-17(26-27(18)19)14-3-5-15(6-4-14)20(21,22)23/h9-10,12,14-16,24H,3-8,11H2,1-2H3/t12-,14?,15?,16-/m0/s1. The lowest BCUT2D eigenvalue weighted by Crippen LogP contribution is -2.35. The van der Waals surface area contributed by atoms with Crippen molar-refractivity contribution in [1.82, 2.24) is 19.9 Å². The molecule has 1 aliphatic carbocycles. The fraction of sp³-hybridized carbons (Fsp3) is 0.700. The van der Waals surface area contributed by atoms with Crippen LogP contribution in [0.4, 0.5) is 13.2 Å². The van der Waals surface area contributed by atoms with Crippen molar-refractivity contribution in [2.75, 3.05) is 13.1 Å². The number of hydrogen-bond donors (Lipinski definition) is 1. The molecule has 2 aliphatic rings. The van der Waals surface area contributed by atoms with E-state index in [2.05, 4.69) is 23.3 Å².